The summed E-state index contributed by atoms with van der Waals surface area (Å²) in [5, 5.41) is 4.57. The number of halogens is 3. The van der Waals surface area contributed by atoms with Crippen LogP contribution in [0.3, 0.4) is 0 Å². The summed E-state index contributed by atoms with van der Waals surface area (Å²) in [6.45, 7) is 2.51. The molecule has 0 aromatic heterocycles. The van der Waals surface area contributed by atoms with Gasteiger partial charge < -0.3 is 5.32 Å². The first kappa shape index (κ1) is 15.3. The van der Waals surface area contributed by atoms with Gasteiger partial charge in [0.05, 0.1) is 0 Å². The summed E-state index contributed by atoms with van der Waals surface area (Å²) in [5.41, 5.74) is 1.74. The van der Waals surface area contributed by atoms with Crippen molar-refractivity contribution in [1.82, 2.24) is 5.32 Å². The van der Waals surface area contributed by atoms with Crippen LogP contribution in [0.1, 0.15) is 18.1 Å². The molecule has 0 radical (unpaired) electrons. The van der Waals surface area contributed by atoms with Crippen LogP contribution in [0.25, 0.3) is 0 Å². The minimum atomic E-state index is -0.239. The zero-order valence-corrected chi connectivity index (χ0v) is 12.7. The van der Waals surface area contributed by atoms with Gasteiger partial charge in [-0.1, -0.05) is 35.3 Å². The lowest BCUT2D eigenvalue weighted by molar-refractivity contribution is 0.525. The van der Waals surface area contributed by atoms with Gasteiger partial charge in [0.2, 0.25) is 0 Å². The third kappa shape index (κ3) is 4.48. The molecule has 20 heavy (non-hydrogen) atoms. The van der Waals surface area contributed by atoms with Crippen LogP contribution in [0, 0.1) is 5.82 Å². The van der Waals surface area contributed by atoms with Gasteiger partial charge in [-0.15, -0.1) is 0 Å². The van der Waals surface area contributed by atoms with Gasteiger partial charge in [0, 0.05) is 28.2 Å². The van der Waals surface area contributed by atoms with E-state index in [0.717, 1.165) is 17.0 Å². The second-order valence-corrected chi connectivity index (χ2v) is 5.72. The Hall–Kier alpha value is -1.09. The minimum absolute atomic E-state index is 0.215. The molecule has 0 aliphatic rings. The van der Waals surface area contributed by atoms with E-state index in [1.165, 1.54) is 6.07 Å². The molecular formula is C16H16Cl2FN. The lowest BCUT2D eigenvalue weighted by atomic mass is 10.1. The van der Waals surface area contributed by atoms with Crippen molar-refractivity contribution in [3.63, 3.8) is 0 Å². The molecule has 0 aliphatic heterocycles. The predicted molar refractivity (Wildman–Crippen MR) is 82.9 cm³/mol. The molecule has 0 bridgehead atoms. The van der Waals surface area contributed by atoms with Crippen LogP contribution < -0.4 is 5.32 Å². The largest absolute Gasteiger partial charge is 0.310 e. The molecule has 0 saturated carbocycles. The van der Waals surface area contributed by atoms with E-state index in [1.54, 1.807) is 12.1 Å². The van der Waals surface area contributed by atoms with E-state index < -0.39 is 0 Å². The highest BCUT2D eigenvalue weighted by Crippen LogP contribution is 2.16. The quantitative estimate of drug-likeness (QED) is 0.832. The molecule has 1 nitrogen and oxygen atoms in total. The number of hydrogen-bond acceptors (Lipinski definition) is 1. The molecule has 1 unspecified atom stereocenters. The van der Waals surface area contributed by atoms with E-state index in [9.17, 15) is 4.39 Å². The maximum atomic E-state index is 13.6. The molecule has 2 aromatic rings. The van der Waals surface area contributed by atoms with Gasteiger partial charge in [0.25, 0.3) is 0 Å². The molecule has 2 rings (SSSR count). The Morgan fingerprint density at radius 2 is 1.85 bits per heavy atom. The van der Waals surface area contributed by atoms with Gasteiger partial charge in [-0.2, -0.15) is 0 Å². The number of rotatable bonds is 5. The van der Waals surface area contributed by atoms with Gasteiger partial charge in [-0.05, 0) is 49.2 Å². The Balaban J connectivity index is 1.92. The van der Waals surface area contributed by atoms with E-state index in [4.69, 9.17) is 23.2 Å². The Labute approximate surface area is 128 Å². The van der Waals surface area contributed by atoms with Crippen LogP contribution in [-0.4, -0.2) is 6.04 Å². The molecule has 0 aliphatic carbocycles. The summed E-state index contributed by atoms with van der Waals surface area (Å²) in [5.74, 6) is -0.239. The van der Waals surface area contributed by atoms with Crippen LogP contribution in [0.4, 0.5) is 4.39 Å². The number of nitrogens with one attached hydrogen (secondary N) is 1. The Kier molecular flexibility index (Phi) is 5.41. The molecule has 0 heterocycles. The van der Waals surface area contributed by atoms with Gasteiger partial charge in [-0.3, -0.25) is 0 Å². The summed E-state index contributed by atoms with van der Waals surface area (Å²) in [4.78, 5) is 0. The van der Waals surface area contributed by atoms with Crippen molar-refractivity contribution in [2.24, 2.45) is 0 Å². The highest BCUT2D eigenvalue weighted by molar-refractivity contribution is 6.30. The predicted octanol–water partition coefficient (Wildman–Crippen LogP) is 4.85. The SMILES string of the molecule is CC(Cc1cccc(Cl)c1)NCc1cc(Cl)ccc1F. The lowest BCUT2D eigenvalue weighted by Gasteiger charge is -2.14. The summed E-state index contributed by atoms with van der Waals surface area (Å²) >= 11 is 11.8. The molecular weight excluding hydrogens is 296 g/mol. The third-order valence-electron chi connectivity index (χ3n) is 3.08. The normalized spacial score (nSPS) is 12.4. The van der Waals surface area contributed by atoms with E-state index >= 15 is 0 Å². The van der Waals surface area contributed by atoms with Crippen molar-refractivity contribution in [2.75, 3.05) is 0 Å². The molecule has 0 saturated heterocycles. The van der Waals surface area contributed by atoms with E-state index in [1.807, 2.05) is 24.3 Å². The highest BCUT2D eigenvalue weighted by Gasteiger charge is 2.07. The standard InChI is InChI=1S/C16H16Cl2FN/c1-11(7-12-3-2-4-14(17)8-12)20-10-13-9-15(18)5-6-16(13)19/h2-6,8-9,11,20H,7,10H2,1H3. The van der Waals surface area contributed by atoms with E-state index in [2.05, 4.69) is 12.2 Å². The monoisotopic (exact) mass is 311 g/mol. The fraction of sp³-hybridized carbons (Fsp3) is 0.250. The van der Waals surface area contributed by atoms with E-state index in [0.29, 0.717) is 17.1 Å². The Morgan fingerprint density at radius 3 is 2.60 bits per heavy atom. The van der Waals surface area contributed by atoms with Crippen molar-refractivity contribution in [1.29, 1.82) is 0 Å². The van der Waals surface area contributed by atoms with Gasteiger partial charge in [0.1, 0.15) is 5.82 Å². The first-order valence-corrected chi connectivity index (χ1v) is 7.22. The average Bonchev–Trinajstić information content (AvgIpc) is 2.40. The number of benzene rings is 2. The maximum absolute atomic E-state index is 13.6. The molecule has 0 amide bonds. The number of hydrogen-bond donors (Lipinski definition) is 1. The third-order valence-corrected chi connectivity index (χ3v) is 3.55. The Bertz CT molecular complexity index is 586. The summed E-state index contributed by atoms with van der Waals surface area (Å²) in [6.07, 6.45) is 0.836. The van der Waals surface area contributed by atoms with Crippen LogP contribution in [0.15, 0.2) is 42.5 Å². The fourth-order valence-corrected chi connectivity index (χ4v) is 2.46. The minimum Gasteiger partial charge on any atom is -0.310 e. The first-order chi connectivity index (χ1) is 9.54. The van der Waals surface area contributed by atoms with Crippen LogP contribution in [-0.2, 0) is 13.0 Å². The van der Waals surface area contributed by atoms with Crippen molar-refractivity contribution in [3.05, 3.63) is 69.5 Å². The second-order valence-electron chi connectivity index (χ2n) is 4.85. The van der Waals surface area contributed by atoms with Gasteiger partial charge in [-0.25, -0.2) is 4.39 Å². The summed E-state index contributed by atoms with van der Waals surface area (Å²) in [7, 11) is 0. The molecule has 0 spiro atoms. The molecule has 1 N–H and O–H groups in total. The average molecular weight is 312 g/mol. The van der Waals surface area contributed by atoms with Crippen LogP contribution in [0.2, 0.25) is 10.0 Å². The smallest absolute Gasteiger partial charge is 0.127 e. The lowest BCUT2D eigenvalue weighted by Crippen LogP contribution is -2.27. The van der Waals surface area contributed by atoms with Crippen LogP contribution in [0.5, 0.6) is 0 Å². The van der Waals surface area contributed by atoms with Crippen molar-refractivity contribution in [3.8, 4) is 0 Å². The van der Waals surface area contributed by atoms with Crippen LogP contribution >= 0.6 is 23.2 Å². The summed E-state index contributed by atoms with van der Waals surface area (Å²) in [6, 6.07) is 12.6. The molecule has 1 atom stereocenters. The van der Waals surface area contributed by atoms with E-state index in [-0.39, 0.29) is 11.9 Å². The van der Waals surface area contributed by atoms with Gasteiger partial charge >= 0.3 is 0 Å². The fourth-order valence-electron chi connectivity index (χ4n) is 2.05. The highest BCUT2D eigenvalue weighted by atomic mass is 35.5. The first-order valence-electron chi connectivity index (χ1n) is 6.46. The zero-order valence-electron chi connectivity index (χ0n) is 11.2. The van der Waals surface area contributed by atoms with Gasteiger partial charge in [0.15, 0.2) is 0 Å². The molecule has 106 valence electrons. The molecule has 0 fully saturated rings. The van der Waals surface area contributed by atoms with Crippen molar-refractivity contribution >= 4 is 23.2 Å². The van der Waals surface area contributed by atoms with Crippen molar-refractivity contribution < 1.29 is 4.39 Å². The zero-order chi connectivity index (χ0) is 14.5. The molecule has 4 heteroatoms. The second kappa shape index (κ2) is 7.07. The Morgan fingerprint density at radius 1 is 1.10 bits per heavy atom. The summed E-state index contributed by atoms with van der Waals surface area (Å²) < 4.78 is 13.6. The topological polar surface area (TPSA) is 12.0 Å². The maximum Gasteiger partial charge on any atom is 0.127 e. The molecule has 2 aromatic carbocycles. The van der Waals surface area contributed by atoms with Crippen molar-refractivity contribution in [2.45, 2.75) is 25.9 Å².